The average Bonchev–Trinajstić information content (AvgIpc) is 3.05. The Bertz CT molecular complexity index is 1780. The van der Waals surface area contributed by atoms with E-state index < -0.39 is 7.14 Å². The molecule has 46 heavy (non-hydrogen) atoms. The van der Waals surface area contributed by atoms with Gasteiger partial charge in [-0.1, -0.05) is 12.7 Å². The molecular formula is C34H44N9O2P. The summed E-state index contributed by atoms with van der Waals surface area (Å²) < 4.78 is 19.3. The summed E-state index contributed by atoms with van der Waals surface area (Å²) in [5.41, 5.74) is 5.79. The van der Waals surface area contributed by atoms with E-state index in [9.17, 15) is 4.57 Å². The number of likely N-dealkylation sites (N-methyl/N-ethyl adjacent to an activating group) is 1. The molecule has 0 saturated carbocycles. The summed E-state index contributed by atoms with van der Waals surface area (Å²) in [5, 5.41) is 7.39. The number of piperazine rings is 1. The van der Waals surface area contributed by atoms with Gasteiger partial charge in [0, 0.05) is 81.2 Å². The Morgan fingerprint density at radius 3 is 2.41 bits per heavy atom. The zero-order valence-corrected chi connectivity index (χ0v) is 28.3. The van der Waals surface area contributed by atoms with E-state index >= 15 is 0 Å². The zero-order chi connectivity index (χ0) is 32.4. The second kappa shape index (κ2) is 13.4. The Kier molecular flexibility index (Phi) is 9.27. The highest BCUT2D eigenvalue weighted by Gasteiger charge is 2.28. The van der Waals surface area contributed by atoms with Crippen LogP contribution < -0.4 is 25.6 Å². The lowest BCUT2D eigenvalue weighted by Crippen LogP contribution is -2.52. The molecule has 2 aliphatic rings. The third-order valence-corrected chi connectivity index (χ3v) is 10.6. The van der Waals surface area contributed by atoms with E-state index in [4.69, 9.17) is 9.72 Å². The smallest absolute Gasteiger partial charge is 0.229 e. The van der Waals surface area contributed by atoms with Gasteiger partial charge in [-0.3, -0.25) is 14.9 Å². The number of hydrogen-bond donors (Lipinski definition) is 2. The van der Waals surface area contributed by atoms with Crippen LogP contribution in [-0.4, -0.2) is 103 Å². The van der Waals surface area contributed by atoms with E-state index in [1.54, 1.807) is 45.1 Å². The first-order valence-corrected chi connectivity index (χ1v) is 18.4. The van der Waals surface area contributed by atoms with Crippen molar-refractivity contribution < 1.29 is 9.30 Å². The van der Waals surface area contributed by atoms with Crippen LogP contribution in [0.2, 0.25) is 0 Å². The van der Waals surface area contributed by atoms with Crippen LogP contribution >= 0.6 is 7.14 Å². The number of piperidine rings is 1. The first-order chi connectivity index (χ1) is 22.1. The molecule has 12 heteroatoms. The summed E-state index contributed by atoms with van der Waals surface area (Å²) in [5.74, 6) is 1.65. The van der Waals surface area contributed by atoms with Crippen LogP contribution in [0, 0.1) is 6.92 Å². The summed E-state index contributed by atoms with van der Waals surface area (Å²) in [6.07, 6.45) is 8.99. The van der Waals surface area contributed by atoms with Crippen molar-refractivity contribution in [3.63, 3.8) is 0 Å². The van der Waals surface area contributed by atoms with Crippen LogP contribution in [0.4, 0.5) is 28.8 Å². The standard InChI is InChI=1S/C34H44N9O2P/c1-7-24-22-37-34(40-33(24)38-27-9-8-26-31(36-13-12-35-26)32(27)46(5,6)44)39-28-20-23(2)29(21-30(28)45-4)43-14-10-25(11-15-43)42-18-16-41(3)17-19-42/h7-9,12-13,20-22,25H,1,10-11,14-19H2,2-6H3,(H2,37,38,39,40). The summed E-state index contributed by atoms with van der Waals surface area (Å²) in [7, 11) is 1.15. The quantitative estimate of drug-likeness (QED) is 0.231. The molecule has 0 bridgehead atoms. The van der Waals surface area contributed by atoms with Crippen molar-refractivity contribution in [2.24, 2.45) is 0 Å². The largest absolute Gasteiger partial charge is 0.494 e. The van der Waals surface area contributed by atoms with Crippen LogP contribution in [0.1, 0.15) is 24.0 Å². The highest BCUT2D eigenvalue weighted by Crippen LogP contribution is 2.41. The van der Waals surface area contributed by atoms with Crippen molar-refractivity contribution in [2.75, 3.05) is 82.3 Å². The van der Waals surface area contributed by atoms with Crippen LogP contribution in [0.3, 0.4) is 0 Å². The molecule has 242 valence electrons. The van der Waals surface area contributed by atoms with Crippen molar-refractivity contribution >= 4 is 58.4 Å². The molecule has 11 nitrogen and oxygen atoms in total. The molecular weight excluding hydrogens is 597 g/mol. The van der Waals surface area contributed by atoms with Gasteiger partial charge in [-0.25, -0.2) is 4.98 Å². The Morgan fingerprint density at radius 1 is 0.978 bits per heavy atom. The van der Waals surface area contributed by atoms with E-state index in [1.165, 1.54) is 18.5 Å². The molecule has 2 fully saturated rings. The van der Waals surface area contributed by atoms with Crippen LogP contribution in [0.5, 0.6) is 5.75 Å². The molecule has 0 atom stereocenters. The monoisotopic (exact) mass is 641 g/mol. The summed E-state index contributed by atoms with van der Waals surface area (Å²) in [6, 6.07) is 8.61. The van der Waals surface area contributed by atoms with E-state index in [0.29, 0.717) is 45.4 Å². The summed E-state index contributed by atoms with van der Waals surface area (Å²) in [6.45, 7) is 16.2. The lowest BCUT2D eigenvalue weighted by molar-refractivity contribution is 0.0982. The average molecular weight is 642 g/mol. The van der Waals surface area contributed by atoms with Crippen molar-refractivity contribution in [2.45, 2.75) is 25.8 Å². The first-order valence-electron chi connectivity index (χ1n) is 15.8. The van der Waals surface area contributed by atoms with Gasteiger partial charge in [0.15, 0.2) is 0 Å². The SMILES string of the molecule is C=Cc1cnc(Nc2cc(C)c(N3CCC(N4CCN(C)CC4)CC3)cc2OC)nc1Nc1ccc2nccnc2c1P(C)(C)=O. The topological polar surface area (TPSA) is 112 Å². The molecule has 0 amide bonds. The maximum absolute atomic E-state index is 13.5. The molecule has 6 rings (SSSR count). The van der Waals surface area contributed by atoms with Crippen LogP contribution in [0.25, 0.3) is 17.1 Å². The van der Waals surface area contributed by atoms with E-state index in [1.807, 2.05) is 12.1 Å². The minimum atomic E-state index is -2.75. The number of hydrogen-bond acceptors (Lipinski definition) is 11. The van der Waals surface area contributed by atoms with Gasteiger partial charge in [0.1, 0.15) is 24.2 Å². The molecule has 2 N–H and O–H groups in total. The number of nitrogens with one attached hydrogen (secondary N) is 2. The van der Waals surface area contributed by atoms with Crippen molar-refractivity contribution in [1.29, 1.82) is 0 Å². The van der Waals surface area contributed by atoms with Gasteiger partial charge in [0.2, 0.25) is 5.95 Å². The summed E-state index contributed by atoms with van der Waals surface area (Å²) >= 11 is 0. The zero-order valence-electron chi connectivity index (χ0n) is 27.5. The van der Waals surface area contributed by atoms with Crippen molar-refractivity contribution in [3.8, 4) is 5.75 Å². The first kappa shape index (κ1) is 31.9. The fraction of sp³-hybridized carbons (Fsp3) is 0.412. The maximum Gasteiger partial charge on any atom is 0.229 e. The van der Waals surface area contributed by atoms with Gasteiger partial charge in [0.05, 0.1) is 29.3 Å². The van der Waals surface area contributed by atoms with Crippen LogP contribution in [-0.2, 0) is 4.57 Å². The predicted octanol–water partition coefficient (Wildman–Crippen LogP) is 5.33. The number of fused-ring (bicyclic) bond motifs is 1. The van der Waals surface area contributed by atoms with Gasteiger partial charge in [-0.15, -0.1) is 0 Å². The molecule has 2 saturated heterocycles. The molecule has 4 aromatic rings. The number of nitrogens with zero attached hydrogens (tertiary/aromatic N) is 7. The van der Waals surface area contributed by atoms with Gasteiger partial charge < -0.3 is 29.7 Å². The lowest BCUT2D eigenvalue weighted by atomic mass is 10.0. The minimum Gasteiger partial charge on any atom is -0.494 e. The third-order valence-electron chi connectivity index (χ3n) is 9.07. The molecule has 2 aromatic carbocycles. The molecule has 2 aromatic heterocycles. The molecule has 0 radical (unpaired) electrons. The van der Waals surface area contributed by atoms with Gasteiger partial charge in [-0.2, -0.15) is 4.98 Å². The maximum atomic E-state index is 13.5. The normalized spacial score (nSPS) is 16.8. The fourth-order valence-electron chi connectivity index (χ4n) is 6.56. The minimum absolute atomic E-state index is 0.393. The number of methoxy groups -OCH3 is 1. The number of rotatable bonds is 9. The van der Waals surface area contributed by atoms with Gasteiger partial charge in [-0.05, 0) is 63.9 Å². The van der Waals surface area contributed by atoms with E-state index in [-0.39, 0.29) is 0 Å². The number of benzene rings is 2. The predicted molar refractivity (Wildman–Crippen MR) is 189 cm³/mol. The highest BCUT2D eigenvalue weighted by molar-refractivity contribution is 7.71. The number of ether oxygens (including phenoxy) is 1. The number of aromatic nitrogens is 4. The van der Waals surface area contributed by atoms with E-state index in [0.717, 1.165) is 56.3 Å². The fourth-order valence-corrected chi connectivity index (χ4v) is 7.95. The summed E-state index contributed by atoms with van der Waals surface area (Å²) in [4.78, 5) is 25.8. The Hall–Kier alpha value is -4.05. The Morgan fingerprint density at radius 2 is 1.72 bits per heavy atom. The molecule has 0 unspecified atom stereocenters. The lowest BCUT2D eigenvalue weighted by Gasteiger charge is -2.43. The van der Waals surface area contributed by atoms with Crippen molar-refractivity contribution in [3.05, 3.63) is 60.6 Å². The highest BCUT2D eigenvalue weighted by atomic mass is 31.2. The molecule has 0 aliphatic carbocycles. The molecule has 4 heterocycles. The van der Waals surface area contributed by atoms with Gasteiger partial charge in [0.25, 0.3) is 0 Å². The number of anilines is 5. The molecule has 2 aliphatic heterocycles. The van der Waals surface area contributed by atoms with Crippen molar-refractivity contribution in [1.82, 2.24) is 29.7 Å². The molecule has 0 spiro atoms. The number of aryl methyl sites for hydroxylation is 1. The second-order valence-electron chi connectivity index (χ2n) is 12.6. The Balaban J connectivity index is 1.23. The van der Waals surface area contributed by atoms with E-state index in [2.05, 4.69) is 73.0 Å². The van der Waals surface area contributed by atoms with Gasteiger partial charge >= 0.3 is 0 Å². The Labute approximate surface area is 271 Å². The second-order valence-corrected chi connectivity index (χ2v) is 15.7. The van der Waals surface area contributed by atoms with Crippen LogP contribution in [0.15, 0.2) is 49.4 Å². The third kappa shape index (κ3) is 6.72.